The number of carbonyl (C=O) groups is 1. The highest BCUT2D eigenvalue weighted by Gasteiger charge is 2.12. The van der Waals surface area contributed by atoms with Crippen molar-refractivity contribution in [3.8, 4) is 11.5 Å². The highest BCUT2D eigenvalue weighted by molar-refractivity contribution is 5.84. The molecule has 0 fully saturated rings. The van der Waals surface area contributed by atoms with Gasteiger partial charge in [0, 0.05) is 5.69 Å². The summed E-state index contributed by atoms with van der Waals surface area (Å²) < 4.78 is 11.2. The van der Waals surface area contributed by atoms with Crippen LogP contribution in [-0.2, 0) is 4.74 Å². The molecule has 4 nitrogen and oxygen atoms in total. The van der Waals surface area contributed by atoms with Crippen LogP contribution in [0.5, 0.6) is 11.5 Å². The number of hydrogen-bond acceptors (Lipinski definition) is 3. The third-order valence-corrected chi connectivity index (χ3v) is 3.94. The van der Waals surface area contributed by atoms with Crippen LogP contribution in [0.25, 0.3) is 0 Å². The molecule has 2 aromatic rings. The minimum Gasteiger partial charge on any atom is -0.457 e. The lowest BCUT2D eigenvalue weighted by atomic mass is 10.1. The van der Waals surface area contributed by atoms with Crippen LogP contribution in [0, 0.1) is 0 Å². The normalized spacial score (nSPS) is 11.6. The molecule has 0 aliphatic heterocycles. The third kappa shape index (κ3) is 6.87. The van der Waals surface area contributed by atoms with Crippen molar-refractivity contribution in [2.24, 2.45) is 0 Å². The van der Waals surface area contributed by atoms with E-state index in [9.17, 15) is 4.79 Å². The summed E-state index contributed by atoms with van der Waals surface area (Å²) in [7, 11) is 0. The molecule has 1 atom stereocenters. The summed E-state index contributed by atoms with van der Waals surface area (Å²) in [6.07, 6.45) is 4.76. The van der Waals surface area contributed by atoms with Gasteiger partial charge in [-0.1, -0.05) is 44.9 Å². The van der Waals surface area contributed by atoms with Gasteiger partial charge in [-0.05, 0) is 55.7 Å². The first kappa shape index (κ1) is 18.8. The Hall–Kier alpha value is -2.49. The van der Waals surface area contributed by atoms with Gasteiger partial charge in [0.05, 0.1) is 0 Å². The van der Waals surface area contributed by atoms with Crippen LogP contribution in [0.2, 0.25) is 0 Å². The van der Waals surface area contributed by atoms with Crippen LogP contribution < -0.4 is 10.1 Å². The molecule has 1 N–H and O–H groups in total. The van der Waals surface area contributed by atoms with Gasteiger partial charge in [0.1, 0.15) is 17.6 Å². The minimum atomic E-state index is -0.403. The Kier molecular flexibility index (Phi) is 7.83. The van der Waals surface area contributed by atoms with Gasteiger partial charge in [0.25, 0.3) is 0 Å². The number of nitrogens with one attached hydrogen (secondary N) is 1. The van der Waals surface area contributed by atoms with Crippen molar-refractivity contribution in [3.05, 3.63) is 54.6 Å². The highest BCUT2D eigenvalue weighted by atomic mass is 16.6. The maximum atomic E-state index is 12.0. The fourth-order valence-corrected chi connectivity index (χ4v) is 2.50. The van der Waals surface area contributed by atoms with Gasteiger partial charge in [0.2, 0.25) is 0 Å². The number of unbranched alkanes of at least 4 members (excludes halogenated alkanes) is 2. The molecule has 2 aromatic carbocycles. The lowest BCUT2D eigenvalue weighted by molar-refractivity contribution is 0.101. The molecular formula is C21H27NO3. The van der Waals surface area contributed by atoms with Crippen molar-refractivity contribution >= 4 is 11.8 Å². The molecule has 0 aliphatic carbocycles. The average molecular weight is 341 g/mol. The van der Waals surface area contributed by atoms with E-state index in [1.54, 1.807) is 12.1 Å². The molecule has 1 unspecified atom stereocenters. The largest absolute Gasteiger partial charge is 0.457 e. The second-order valence-electron chi connectivity index (χ2n) is 6.00. The standard InChI is InChI=1S/C21H27NO3/c1-3-5-7-10-18(4-2)25-21(23)22-17-13-15-20(16-14-17)24-19-11-8-6-9-12-19/h6,8-9,11-16,18H,3-5,7,10H2,1-2H3,(H,22,23). The Balaban J connectivity index is 1.82. The van der Waals surface area contributed by atoms with Crippen molar-refractivity contribution in [2.75, 3.05) is 5.32 Å². The Bertz CT molecular complexity index is 625. The topological polar surface area (TPSA) is 47.6 Å². The van der Waals surface area contributed by atoms with E-state index < -0.39 is 6.09 Å². The van der Waals surface area contributed by atoms with Crippen LogP contribution in [-0.4, -0.2) is 12.2 Å². The van der Waals surface area contributed by atoms with Crippen molar-refractivity contribution in [2.45, 2.75) is 52.1 Å². The molecule has 0 aromatic heterocycles. The van der Waals surface area contributed by atoms with E-state index in [2.05, 4.69) is 12.2 Å². The molecular weight excluding hydrogens is 314 g/mol. The third-order valence-electron chi connectivity index (χ3n) is 3.94. The van der Waals surface area contributed by atoms with Gasteiger partial charge < -0.3 is 9.47 Å². The zero-order valence-corrected chi connectivity index (χ0v) is 15.0. The molecule has 25 heavy (non-hydrogen) atoms. The van der Waals surface area contributed by atoms with E-state index in [0.29, 0.717) is 5.69 Å². The number of benzene rings is 2. The van der Waals surface area contributed by atoms with Gasteiger partial charge in [-0.25, -0.2) is 4.79 Å². The fourth-order valence-electron chi connectivity index (χ4n) is 2.50. The van der Waals surface area contributed by atoms with Crippen LogP contribution in [0.3, 0.4) is 0 Å². The fraction of sp³-hybridized carbons (Fsp3) is 0.381. The van der Waals surface area contributed by atoms with Crippen molar-refractivity contribution in [1.82, 2.24) is 0 Å². The Morgan fingerprint density at radius 2 is 1.64 bits per heavy atom. The number of hydrogen-bond donors (Lipinski definition) is 1. The minimum absolute atomic E-state index is 0.0211. The van der Waals surface area contributed by atoms with Gasteiger partial charge in [0.15, 0.2) is 0 Å². The highest BCUT2D eigenvalue weighted by Crippen LogP contribution is 2.22. The SMILES string of the molecule is CCCCCC(CC)OC(=O)Nc1ccc(Oc2ccccc2)cc1. The molecule has 0 spiro atoms. The van der Waals surface area contributed by atoms with Crippen LogP contribution in [0.15, 0.2) is 54.6 Å². The maximum absolute atomic E-state index is 12.0. The van der Waals surface area contributed by atoms with E-state index >= 15 is 0 Å². The van der Waals surface area contributed by atoms with Crippen molar-refractivity contribution in [3.63, 3.8) is 0 Å². The summed E-state index contributed by atoms with van der Waals surface area (Å²) in [6.45, 7) is 4.21. The Labute approximate surface area is 150 Å². The predicted octanol–water partition coefficient (Wildman–Crippen LogP) is 6.39. The molecule has 0 radical (unpaired) electrons. The van der Waals surface area contributed by atoms with Crippen LogP contribution in [0.1, 0.15) is 46.0 Å². The predicted molar refractivity (Wildman–Crippen MR) is 101 cm³/mol. The summed E-state index contributed by atoms with van der Waals surface area (Å²) in [4.78, 5) is 12.0. The molecule has 0 bridgehead atoms. The molecule has 0 aliphatic rings. The molecule has 1 amide bonds. The number of amides is 1. The second kappa shape index (κ2) is 10.4. The number of carbonyl (C=O) groups excluding carboxylic acids is 1. The Morgan fingerprint density at radius 3 is 2.28 bits per heavy atom. The van der Waals surface area contributed by atoms with E-state index in [0.717, 1.165) is 30.8 Å². The van der Waals surface area contributed by atoms with Crippen molar-refractivity contribution < 1.29 is 14.3 Å². The number of anilines is 1. The van der Waals surface area contributed by atoms with Crippen LogP contribution in [0.4, 0.5) is 10.5 Å². The second-order valence-corrected chi connectivity index (χ2v) is 6.00. The molecule has 2 rings (SSSR count). The first-order valence-corrected chi connectivity index (χ1v) is 9.01. The average Bonchev–Trinajstić information content (AvgIpc) is 2.63. The monoisotopic (exact) mass is 341 g/mol. The van der Waals surface area contributed by atoms with E-state index in [1.165, 1.54) is 12.8 Å². The first-order chi connectivity index (χ1) is 12.2. The maximum Gasteiger partial charge on any atom is 0.411 e. The summed E-state index contributed by atoms with van der Waals surface area (Å²) in [5, 5.41) is 2.77. The zero-order chi connectivity index (χ0) is 17.9. The van der Waals surface area contributed by atoms with E-state index in [4.69, 9.17) is 9.47 Å². The Morgan fingerprint density at radius 1 is 0.960 bits per heavy atom. The van der Waals surface area contributed by atoms with Gasteiger partial charge >= 0.3 is 6.09 Å². The summed E-state index contributed by atoms with van der Waals surface area (Å²) >= 11 is 0. The van der Waals surface area contributed by atoms with Crippen LogP contribution >= 0.6 is 0 Å². The quantitative estimate of drug-likeness (QED) is 0.538. The summed E-state index contributed by atoms with van der Waals surface area (Å²) in [5.41, 5.74) is 0.689. The molecule has 0 saturated heterocycles. The lowest BCUT2D eigenvalue weighted by Gasteiger charge is -2.16. The number of ether oxygens (including phenoxy) is 2. The first-order valence-electron chi connectivity index (χ1n) is 9.01. The van der Waals surface area contributed by atoms with Gasteiger partial charge in [-0.15, -0.1) is 0 Å². The zero-order valence-electron chi connectivity index (χ0n) is 15.0. The van der Waals surface area contributed by atoms with E-state index in [-0.39, 0.29) is 6.10 Å². The molecule has 0 saturated carbocycles. The molecule has 0 heterocycles. The van der Waals surface area contributed by atoms with E-state index in [1.807, 2.05) is 49.4 Å². The smallest absolute Gasteiger partial charge is 0.411 e. The number of rotatable bonds is 9. The van der Waals surface area contributed by atoms with Gasteiger partial charge in [-0.2, -0.15) is 0 Å². The number of para-hydroxylation sites is 1. The summed E-state index contributed by atoms with van der Waals surface area (Å²) in [5.74, 6) is 1.50. The van der Waals surface area contributed by atoms with Gasteiger partial charge in [-0.3, -0.25) is 5.32 Å². The lowest BCUT2D eigenvalue weighted by Crippen LogP contribution is -2.22. The van der Waals surface area contributed by atoms with Crippen molar-refractivity contribution in [1.29, 1.82) is 0 Å². The summed E-state index contributed by atoms with van der Waals surface area (Å²) in [6, 6.07) is 16.8. The molecule has 134 valence electrons. The molecule has 4 heteroatoms.